The van der Waals surface area contributed by atoms with Crippen LogP contribution in [0.2, 0.25) is 5.02 Å². The van der Waals surface area contributed by atoms with E-state index < -0.39 is 5.60 Å². The Morgan fingerprint density at radius 3 is 2.33 bits per heavy atom. The summed E-state index contributed by atoms with van der Waals surface area (Å²) in [5.74, 6) is 0.0619. The smallest absolute Gasteiger partial charge is 0.182 e. The summed E-state index contributed by atoms with van der Waals surface area (Å²) in [6.07, 6.45) is -0.00466. The molecule has 0 bridgehead atoms. The molecule has 18 heavy (non-hydrogen) atoms. The van der Waals surface area contributed by atoms with Crippen LogP contribution in [0.4, 0.5) is 0 Å². The highest BCUT2D eigenvalue weighted by atomic mass is 79.9. The van der Waals surface area contributed by atoms with Gasteiger partial charge < -0.3 is 4.74 Å². The minimum absolute atomic E-state index is 0.00466. The third-order valence-corrected chi connectivity index (χ3v) is 6.29. The van der Waals surface area contributed by atoms with Crippen LogP contribution >= 0.6 is 43.5 Å². The maximum Gasteiger partial charge on any atom is 0.182 e. The monoisotopic (exact) mass is 394 g/mol. The summed E-state index contributed by atoms with van der Waals surface area (Å²) in [5.41, 5.74) is 0.360. The van der Waals surface area contributed by atoms with Crippen molar-refractivity contribution in [2.75, 3.05) is 0 Å². The molecule has 1 heterocycles. The van der Waals surface area contributed by atoms with Crippen molar-refractivity contribution in [1.29, 1.82) is 0 Å². The Labute approximate surface area is 128 Å². The molecule has 1 fully saturated rings. The van der Waals surface area contributed by atoms with Crippen LogP contribution in [-0.4, -0.2) is 22.3 Å². The topological polar surface area (TPSA) is 29.6 Å². The van der Waals surface area contributed by atoms with Crippen LogP contribution in [0.25, 0.3) is 0 Å². The highest BCUT2D eigenvalue weighted by Crippen LogP contribution is 2.42. The van der Waals surface area contributed by atoms with E-state index in [4.69, 9.17) is 16.3 Å². The lowest BCUT2D eigenvalue weighted by atomic mass is 9.97. The van der Waals surface area contributed by atoms with Gasteiger partial charge in [0.25, 0.3) is 0 Å². The molecule has 1 aromatic carbocycles. The first-order valence-corrected chi connectivity index (χ1v) is 7.83. The molecule has 2 rings (SSSR count). The van der Waals surface area contributed by atoms with E-state index in [1.54, 1.807) is 0 Å². The number of Topliss-reactive ketones (excluding diaryl/α,β-unsaturated/α-hetero) is 1. The Morgan fingerprint density at radius 2 is 1.89 bits per heavy atom. The molecule has 0 N–H and O–H groups in total. The van der Waals surface area contributed by atoms with Crippen molar-refractivity contribution in [3.8, 4) is 0 Å². The second kappa shape index (κ2) is 5.23. The second-order valence-corrected chi connectivity index (χ2v) is 7.00. The van der Waals surface area contributed by atoms with Crippen LogP contribution in [0.3, 0.4) is 0 Å². The molecule has 4 atom stereocenters. The molecule has 2 nitrogen and oxygen atoms in total. The summed E-state index contributed by atoms with van der Waals surface area (Å²) >= 11 is 12.9. The van der Waals surface area contributed by atoms with Crippen LogP contribution in [0.1, 0.15) is 24.2 Å². The number of rotatable bonds is 4. The van der Waals surface area contributed by atoms with Gasteiger partial charge in [0.15, 0.2) is 11.4 Å². The molecule has 1 aromatic rings. The molecule has 0 aliphatic carbocycles. The molecule has 0 unspecified atom stereocenters. The number of hydrogen-bond donors (Lipinski definition) is 0. The van der Waals surface area contributed by atoms with Gasteiger partial charge in [-0.25, -0.2) is 0 Å². The SMILES string of the molecule is C[C@H]1O[C@]1(C)C(=O)[C@@H](Br)[C@@H](Br)c1ccc(Cl)cc1. The van der Waals surface area contributed by atoms with Crippen molar-refractivity contribution >= 4 is 49.2 Å². The molecule has 0 radical (unpaired) electrons. The first-order valence-electron chi connectivity index (χ1n) is 5.62. The number of alkyl halides is 2. The molecule has 0 spiro atoms. The third-order valence-electron chi connectivity index (χ3n) is 3.33. The van der Waals surface area contributed by atoms with Crippen molar-refractivity contribution in [3.05, 3.63) is 34.9 Å². The van der Waals surface area contributed by atoms with Gasteiger partial charge in [-0.05, 0) is 31.5 Å². The minimum Gasteiger partial charge on any atom is -0.358 e. The fourth-order valence-electron chi connectivity index (χ4n) is 1.81. The summed E-state index contributed by atoms with van der Waals surface area (Å²) in [6, 6.07) is 7.44. The van der Waals surface area contributed by atoms with E-state index in [0.29, 0.717) is 5.02 Å². The number of carbonyl (C=O) groups is 1. The highest BCUT2D eigenvalue weighted by molar-refractivity contribution is 9.12. The molecular formula is C13H13Br2ClO2. The van der Waals surface area contributed by atoms with Crippen LogP contribution in [0.5, 0.6) is 0 Å². The van der Waals surface area contributed by atoms with Gasteiger partial charge in [-0.3, -0.25) is 4.79 Å². The lowest BCUT2D eigenvalue weighted by Crippen LogP contribution is -2.33. The largest absolute Gasteiger partial charge is 0.358 e. The van der Waals surface area contributed by atoms with Crippen LogP contribution in [-0.2, 0) is 9.53 Å². The normalized spacial score (nSPS) is 29.7. The Balaban J connectivity index is 2.11. The van der Waals surface area contributed by atoms with Gasteiger partial charge >= 0.3 is 0 Å². The standard InChI is InChI=1S/C13H13Br2ClO2/c1-7-13(2,18-7)12(17)11(15)10(14)8-3-5-9(16)6-4-8/h3-7,10-11H,1-2H3/t7-,10+,11+,13+/m1/s1. The molecule has 1 aliphatic rings. The molecule has 1 aliphatic heterocycles. The summed E-state index contributed by atoms with van der Waals surface area (Å²) in [6.45, 7) is 3.74. The van der Waals surface area contributed by atoms with Gasteiger partial charge in [-0.1, -0.05) is 55.6 Å². The number of carbonyl (C=O) groups excluding carboxylic acids is 1. The number of ether oxygens (including phenoxy) is 1. The van der Waals surface area contributed by atoms with E-state index in [2.05, 4.69) is 31.9 Å². The van der Waals surface area contributed by atoms with Crippen molar-refractivity contribution in [2.45, 2.75) is 35.2 Å². The Kier molecular flexibility index (Phi) is 4.22. The van der Waals surface area contributed by atoms with Crippen LogP contribution in [0.15, 0.2) is 24.3 Å². The van der Waals surface area contributed by atoms with Gasteiger partial charge in [0.1, 0.15) is 0 Å². The van der Waals surface area contributed by atoms with Crippen molar-refractivity contribution in [3.63, 3.8) is 0 Å². The van der Waals surface area contributed by atoms with Gasteiger partial charge in [-0.15, -0.1) is 0 Å². The fraction of sp³-hybridized carbons (Fsp3) is 0.462. The third kappa shape index (κ3) is 2.67. The number of epoxide rings is 1. The number of halogens is 3. The molecule has 5 heteroatoms. The maximum atomic E-state index is 12.3. The fourth-order valence-corrected chi connectivity index (χ4v) is 3.24. The van der Waals surface area contributed by atoms with E-state index in [1.807, 2.05) is 38.1 Å². The number of benzene rings is 1. The van der Waals surface area contributed by atoms with Gasteiger partial charge in [0, 0.05) is 5.02 Å². The lowest BCUT2D eigenvalue weighted by Gasteiger charge is -2.18. The van der Waals surface area contributed by atoms with E-state index in [-0.39, 0.29) is 21.5 Å². The highest BCUT2D eigenvalue weighted by Gasteiger charge is 2.57. The summed E-state index contributed by atoms with van der Waals surface area (Å²) < 4.78 is 5.37. The summed E-state index contributed by atoms with van der Waals surface area (Å²) in [4.78, 5) is 11.9. The summed E-state index contributed by atoms with van der Waals surface area (Å²) in [5, 5.41) is 0.682. The van der Waals surface area contributed by atoms with Crippen LogP contribution < -0.4 is 0 Å². The molecular weight excluding hydrogens is 383 g/mol. The zero-order valence-electron chi connectivity index (χ0n) is 9.99. The Morgan fingerprint density at radius 1 is 1.39 bits per heavy atom. The zero-order chi connectivity index (χ0) is 13.5. The van der Waals surface area contributed by atoms with Crippen molar-refractivity contribution in [1.82, 2.24) is 0 Å². The minimum atomic E-state index is -0.646. The van der Waals surface area contributed by atoms with Gasteiger partial charge in [0.2, 0.25) is 0 Å². The van der Waals surface area contributed by atoms with Crippen molar-refractivity contribution < 1.29 is 9.53 Å². The van der Waals surface area contributed by atoms with E-state index in [0.717, 1.165) is 5.56 Å². The van der Waals surface area contributed by atoms with Gasteiger partial charge in [0.05, 0.1) is 15.8 Å². The first-order chi connectivity index (χ1) is 8.36. The van der Waals surface area contributed by atoms with E-state index in [1.165, 1.54) is 0 Å². The predicted molar refractivity (Wildman–Crippen MR) is 79.8 cm³/mol. The lowest BCUT2D eigenvalue weighted by molar-refractivity contribution is -0.122. The Hall–Kier alpha value is 0.1000. The summed E-state index contributed by atoms with van der Waals surface area (Å²) in [7, 11) is 0. The Bertz CT molecular complexity index is 463. The van der Waals surface area contributed by atoms with E-state index >= 15 is 0 Å². The average molecular weight is 397 g/mol. The molecule has 1 saturated heterocycles. The van der Waals surface area contributed by atoms with Crippen LogP contribution in [0, 0.1) is 0 Å². The second-order valence-electron chi connectivity index (χ2n) is 4.59. The number of hydrogen-bond acceptors (Lipinski definition) is 2. The quantitative estimate of drug-likeness (QED) is 0.561. The zero-order valence-corrected chi connectivity index (χ0v) is 13.9. The first kappa shape index (κ1) is 14.5. The number of ketones is 1. The maximum absolute atomic E-state index is 12.3. The molecule has 0 saturated carbocycles. The average Bonchev–Trinajstić information content (AvgIpc) is 2.97. The van der Waals surface area contributed by atoms with Crippen molar-refractivity contribution in [2.24, 2.45) is 0 Å². The van der Waals surface area contributed by atoms with E-state index in [9.17, 15) is 4.79 Å². The molecule has 98 valence electrons. The molecule has 0 amide bonds. The molecule has 0 aromatic heterocycles. The predicted octanol–water partition coefficient (Wildman–Crippen LogP) is 4.29. The van der Waals surface area contributed by atoms with Gasteiger partial charge in [-0.2, -0.15) is 0 Å².